The average Bonchev–Trinajstić information content (AvgIpc) is 3.40. The summed E-state index contributed by atoms with van der Waals surface area (Å²) < 4.78 is 0. The molecule has 0 radical (unpaired) electrons. The van der Waals surface area contributed by atoms with E-state index in [-0.39, 0.29) is 11.9 Å². The summed E-state index contributed by atoms with van der Waals surface area (Å²) in [4.78, 5) is 17.1. The van der Waals surface area contributed by atoms with E-state index in [0.717, 1.165) is 38.3 Å². The number of benzene rings is 1. The number of nitrogens with zero attached hydrogens (tertiary/aromatic N) is 2. The zero-order valence-electron chi connectivity index (χ0n) is 14.0. The minimum Gasteiger partial charge on any atom is -0.350 e. The van der Waals surface area contributed by atoms with Crippen LogP contribution in [0.15, 0.2) is 24.3 Å². The van der Waals surface area contributed by atoms with Gasteiger partial charge in [-0.1, -0.05) is 12.1 Å². The number of likely N-dealkylation sites (N-methyl/N-ethyl adjacent to an activating group) is 1. The largest absolute Gasteiger partial charge is 0.350 e. The van der Waals surface area contributed by atoms with Gasteiger partial charge in [-0.3, -0.25) is 9.69 Å². The van der Waals surface area contributed by atoms with Crippen LogP contribution in [0.5, 0.6) is 0 Å². The summed E-state index contributed by atoms with van der Waals surface area (Å²) >= 11 is 0. The summed E-state index contributed by atoms with van der Waals surface area (Å²) in [5.41, 5.74) is 7.98. The molecule has 1 aliphatic carbocycles. The van der Waals surface area contributed by atoms with Crippen molar-refractivity contribution in [1.29, 1.82) is 0 Å². The fourth-order valence-electron chi connectivity index (χ4n) is 3.08. The van der Waals surface area contributed by atoms with Gasteiger partial charge in [0, 0.05) is 50.9 Å². The second kappa shape index (κ2) is 7.43. The van der Waals surface area contributed by atoms with Crippen molar-refractivity contribution >= 4 is 5.91 Å². The van der Waals surface area contributed by atoms with Crippen molar-refractivity contribution in [3.05, 3.63) is 35.4 Å². The molecule has 3 rings (SSSR count). The number of amides is 1. The highest BCUT2D eigenvalue weighted by Crippen LogP contribution is 2.31. The molecule has 2 aliphatic rings. The van der Waals surface area contributed by atoms with E-state index >= 15 is 0 Å². The lowest BCUT2D eigenvalue weighted by atomic mass is 10.1. The molecule has 5 nitrogen and oxygen atoms in total. The third-order valence-electron chi connectivity index (χ3n) is 4.92. The Morgan fingerprint density at radius 3 is 2.74 bits per heavy atom. The quantitative estimate of drug-likeness (QED) is 0.819. The lowest BCUT2D eigenvalue weighted by Crippen LogP contribution is -2.43. The van der Waals surface area contributed by atoms with Crippen LogP contribution in [0.3, 0.4) is 0 Å². The van der Waals surface area contributed by atoms with Crippen molar-refractivity contribution in [3.8, 4) is 0 Å². The van der Waals surface area contributed by atoms with Crippen molar-refractivity contribution < 1.29 is 4.79 Å². The number of nitrogens with two attached hydrogens (primary N) is 1. The highest BCUT2D eigenvalue weighted by Gasteiger charge is 2.28. The van der Waals surface area contributed by atoms with Gasteiger partial charge in [0.1, 0.15) is 0 Å². The van der Waals surface area contributed by atoms with Crippen LogP contribution in [-0.4, -0.2) is 61.5 Å². The molecule has 126 valence electrons. The molecule has 1 saturated carbocycles. The van der Waals surface area contributed by atoms with Gasteiger partial charge in [0.25, 0.3) is 5.91 Å². The van der Waals surface area contributed by atoms with Crippen LogP contribution < -0.4 is 11.1 Å². The maximum atomic E-state index is 12.3. The molecule has 1 saturated heterocycles. The van der Waals surface area contributed by atoms with Crippen LogP contribution in [0.4, 0.5) is 0 Å². The minimum absolute atomic E-state index is 0.0127. The molecule has 0 aromatic heterocycles. The van der Waals surface area contributed by atoms with Gasteiger partial charge in [0.05, 0.1) is 0 Å². The van der Waals surface area contributed by atoms with Crippen molar-refractivity contribution in [2.45, 2.75) is 25.4 Å². The van der Waals surface area contributed by atoms with Crippen LogP contribution >= 0.6 is 0 Å². The Morgan fingerprint density at radius 2 is 2.04 bits per heavy atom. The SMILES string of the molecule is CN1CCN(Cc2cccc(C(=O)NCC(N)C3CC3)c2)CC1. The van der Waals surface area contributed by atoms with Crippen molar-refractivity contribution in [3.63, 3.8) is 0 Å². The van der Waals surface area contributed by atoms with Crippen LogP contribution in [-0.2, 0) is 6.54 Å². The van der Waals surface area contributed by atoms with E-state index in [2.05, 4.69) is 28.2 Å². The summed E-state index contributed by atoms with van der Waals surface area (Å²) in [5, 5.41) is 2.97. The summed E-state index contributed by atoms with van der Waals surface area (Å²) in [6.07, 6.45) is 2.41. The predicted octanol–water partition coefficient (Wildman–Crippen LogP) is 0.901. The Bertz CT molecular complexity index is 536. The Kier molecular flexibility index (Phi) is 5.30. The molecule has 1 aromatic carbocycles. The minimum atomic E-state index is -0.0127. The number of hydrogen-bond donors (Lipinski definition) is 2. The zero-order chi connectivity index (χ0) is 16.2. The fraction of sp³-hybridized carbons (Fsp3) is 0.611. The van der Waals surface area contributed by atoms with Gasteiger partial charge < -0.3 is 16.0 Å². The first-order valence-electron chi connectivity index (χ1n) is 8.65. The Labute approximate surface area is 138 Å². The Morgan fingerprint density at radius 1 is 1.30 bits per heavy atom. The molecule has 1 aliphatic heterocycles. The highest BCUT2D eigenvalue weighted by molar-refractivity contribution is 5.94. The van der Waals surface area contributed by atoms with Gasteiger partial charge in [-0.2, -0.15) is 0 Å². The van der Waals surface area contributed by atoms with E-state index in [1.807, 2.05) is 18.2 Å². The summed E-state index contributed by atoms with van der Waals surface area (Å²) in [6, 6.07) is 8.07. The summed E-state index contributed by atoms with van der Waals surface area (Å²) in [7, 11) is 2.16. The smallest absolute Gasteiger partial charge is 0.251 e. The number of nitrogens with one attached hydrogen (secondary N) is 1. The van der Waals surface area contributed by atoms with E-state index in [9.17, 15) is 4.79 Å². The average molecular weight is 316 g/mol. The number of hydrogen-bond acceptors (Lipinski definition) is 4. The standard InChI is InChI=1S/C18H28N4O/c1-21-7-9-22(10-8-21)13-14-3-2-4-16(11-14)18(23)20-12-17(19)15-5-6-15/h2-4,11,15,17H,5-10,12-13,19H2,1H3,(H,20,23). The lowest BCUT2D eigenvalue weighted by Gasteiger charge is -2.32. The van der Waals surface area contributed by atoms with Crippen LogP contribution in [0.1, 0.15) is 28.8 Å². The van der Waals surface area contributed by atoms with Gasteiger partial charge in [-0.25, -0.2) is 0 Å². The van der Waals surface area contributed by atoms with Crippen molar-refractivity contribution in [2.75, 3.05) is 39.8 Å². The van der Waals surface area contributed by atoms with Gasteiger partial charge in [0.2, 0.25) is 0 Å². The summed E-state index contributed by atoms with van der Waals surface area (Å²) in [5.74, 6) is 0.597. The molecule has 1 aromatic rings. The van der Waals surface area contributed by atoms with Crippen LogP contribution in [0, 0.1) is 5.92 Å². The van der Waals surface area contributed by atoms with Gasteiger partial charge >= 0.3 is 0 Å². The molecule has 0 spiro atoms. The molecular formula is C18H28N4O. The van der Waals surface area contributed by atoms with Crippen molar-refractivity contribution in [2.24, 2.45) is 11.7 Å². The molecule has 1 heterocycles. The molecule has 1 amide bonds. The molecule has 3 N–H and O–H groups in total. The molecule has 2 fully saturated rings. The predicted molar refractivity (Wildman–Crippen MR) is 92.2 cm³/mol. The third kappa shape index (κ3) is 4.77. The van der Waals surface area contributed by atoms with Crippen LogP contribution in [0.2, 0.25) is 0 Å². The van der Waals surface area contributed by atoms with E-state index in [1.165, 1.54) is 18.4 Å². The Hall–Kier alpha value is -1.43. The molecule has 1 unspecified atom stereocenters. The first-order chi connectivity index (χ1) is 11.1. The number of carbonyl (C=O) groups excluding carboxylic acids is 1. The molecular weight excluding hydrogens is 288 g/mol. The Balaban J connectivity index is 1.52. The topological polar surface area (TPSA) is 61.6 Å². The van der Waals surface area contributed by atoms with Gasteiger partial charge in [-0.15, -0.1) is 0 Å². The summed E-state index contributed by atoms with van der Waals surface area (Å²) in [6.45, 7) is 5.88. The van der Waals surface area contributed by atoms with Gasteiger partial charge in [0.15, 0.2) is 0 Å². The monoisotopic (exact) mass is 316 g/mol. The number of piperazine rings is 1. The van der Waals surface area contributed by atoms with E-state index in [0.29, 0.717) is 12.5 Å². The molecule has 23 heavy (non-hydrogen) atoms. The second-order valence-corrected chi connectivity index (χ2v) is 6.99. The van der Waals surface area contributed by atoms with E-state index < -0.39 is 0 Å². The lowest BCUT2D eigenvalue weighted by molar-refractivity contribution is 0.0950. The zero-order valence-corrected chi connectivity index (χ0v) is 14.0. The normalized spacial score (nSPS) is 21.1. The number of carbonyl (C=O) groups is 1. The third-order valence-corrected chi connectivity index (χ3v) is 4.92. The number of rotatable bonds is 6. The van der Waals surface area contributed by atoms with Gasteiger partial charge in [-0.05, 0) is 43.5 Å². The first kappa shape index (κ1) is 16.4. The molecule has 1 atom stereocenters. The maximum Gasteiger partial charge on any atom is 0.251 e. The van der Waals surface area contributed by atoms with E-state index in [1.54, 1.807) is 0 Å². The first-order valence-corrected chi connectivity index (χ1v) is 8.65. The highest BCUT2D eigenvalue weighted by atomic mass is 16.1. The molecule has 5 heteroatoms. The second-order valence-electron chi connectivity index (χ2n) is 6.99. The fourth-order valence-corrected chi connectivity index (χ4v) is 3.08. The molecule has 0 bridgehead atoms. The van der Waals surface area contributed by atoms with Crippen molar-refractivity contribution in [1.82, 2.24) is 15.1 Å². The van der Waals surface area contributed by atoms with Crippen LogP contribution in [0.25, 0.3) is 0 Å². The van der Waals surface area contributed by atoms with E-state index in [4.69, 9.17) is 5.73 Å². The maximum absolute atomic E-state index is 12.3.